The Hall–Kier alpha value is -9.50. The van der Waals surface area contributed by atoms with Gasteiger partial charge in [0.2, 0.25) is 59.1 Å². The summed E-state index contributed by atoms with van der Waals surface area (Å²) in [7, 11) is 0. The van der Waals surface area contributed by atoms with Gasteiger partial charge in [-0.15, -0.1) is 0 Å². The number of rotatable bonds is 37. The molecule has 0 saturated carbocycles. The summed E-state index contributed by atoms with van der Waals surface area (Å²) in [5, 5.41) is 77.9. The molecule has 33 heteroatoms. The van der Waals surface area contributed by atoms with Gasteiger partial charge in [-0.05, 0) is 67.7 Å². The van der Waals surface area contributed by atoms with Gasteiger partial charge in [-0.1, -0.05) is 56.3 Å². The highest BCUT2D eigenvalue weighted by atomic mass is 16.4. The van der Waals surface area contributed by atoms with Crippen molar-refractivity contribution in [2.45, 2.75) is 145 Å². The predicted molar refractivity (Wildman–Crippen MR) is 304 cm³/mol. The van der Waals surface area contributed by atoms with Crippen LogP contribution >= 0.6 is 0 Å². The number of primary amides is 1. The third-order valence-corrected chi connectivity index (χ3v) is 13.3. The lowest BCUT2D eigenvalue weighted by atomic mass is 10.0. The molecule has 10 amide bonds. The fourth-order valence-corrected chi connectivity index (χ4v) is 8.88. The number of phenols is 1. The van der Waals surface area contributed by atoms with E-state index in [-0.39, 0.29) is 74.8 Å². The van der Waals surface area contributed by atoms with E-state index >= 15 is 0 Å². The molecule has 1 saturated heterocycles. The lowest BCUT2D eigenvalue weighted by Crippen LogP contribution is -2.61. The molecule has 0 bridgehead atoms. The second kappa shape index (κ2) is 35.7. The van der Waals surface area contributed by atoms with Crippen LogP contribution in [0.3, 0.4) is 0 Å². The Bertz CT molecular complexity index is 2790. The van der Waals surface area contributed by atoms with Gasteiger partial charge in [0.1, 0.15) is 66.2 Å². The zero-order chi connectivity index (χ0) is 65.1. The molecule has 1 heterocycles. The van der Waals surface area contributed by atoms with Crippen molar-refractivity contribution in [3.63, 3.8) is 0 Å². The molecule has 478 valence electrons. The molecular formula is C54H78N14O19. The molecule has 10 atom stereocenters. The third-order valence-electron chi connectivity index (χ3n) is 13.3. The first-order valence-corrected chi connectivity index (χ1v) is 27.6. The Morgan fingerprint density at radius 1 is 0.563 bits per heavy atom. The van der Waals surface area contributed by atoms with Crippen LogP contribution in [0.2, 0.25) is 0 Å². The van der Waals surface area contributed by atoms with Crippen LogP contribution in [-0.4, -0.2) is 205 Å². The second-order valence-electron chi connectivity index (χ2n) is 20.8. The van der Waals surface area contributed by atoms with Crippen molar-refractivity contribution in [2.24, 2.45) is 33.8 Å². The number of hydrogen-bond donors (Lipinski definition) is 18. The Morgan fingerprint density at radius 3 is 1.55 bits per heavy atom. The van der Waals surface area contributed by atoms with Gasteiger partial charge < -0.3 is 101 Å². The molecule has 87 heavy (non-hydrogen) atoms. The number of carboxylic acids is 3. The number of nitrogens with one attached hydrogen (secondary N) is 8. The Balaban J connectivity index is 1.96. The van der Waals surface area contributed by atoms with E-state index in [0.29, 0.717) is 5.56 Å². The summed E-state index contributed by atoms with van der Waals surface area (Å²) in [6, 6.07) is -3.63. The highest BCUT2D eigenvalue weighted by molar-refractivity contribution is 6.00. The first kappa shape index (κ1) is 71.8. The number of benzene rings is 2. The van der Waals surface area contributed by atoms with E-state index in [4.69, 9.17) is 22.9 Å². The molecule has 0 unspecified atom stereocenters. The van der Waals surface area contributed by atoms with Crippen LogP contribution in [0.4, 0.5) is 0 Å². The molecule has 1 fully saturated rings. The zero-order valence-corrected chi connectivity index (χ0v) is 47.8. The summed E-state index contributed by atoms with van der Waals surface area (Å²) < 4.78 is 0. The van der Waals surface area contributed by atoms with Crippen molar-refractivity contribution in [1.29, 1.82) is 0 Å². The smallest absolute Gasteiger partial charge is 0.326 e. The highest BCUT2D eigenvalue weighted by Crippen LogP contribution is 2.20. The molecule has 0 spiro atoms. The van der Waals surface area contributed by atoms with E-state index in [0.717, 1.165) is 4.90 Å². The van der Waals surface area contributed by atoms with E-state index in [2.05, 4.69) is 47.5 Å². The van der Waals surface area contributed by atoms with Crippen LogP contribution in [0.5, 0.6) is 5.75 Å². The first-order valence-electron chi connectivity index (χ1n) is 27.6. The van der Waals surface area contributed by atoms with Crippen LogP contribution < -0.4 is 65.5 Å². The number of carbonyl (C=O) groups is 13. The van der Waals surface area contributed by atoms with Crippen LogP contribution in [0.25, 0.3) is 0 Å². The Labute approximate surface area is 498 Å². The lowest BCUT2D eigenvalue weighted by Gasteiger charge is -2.29. The minimum atomic E-state index is -2.06. The van der Waals surface area contributed by atoms with Crippen molar-refractivity contribution in [2.75, 3.05) is 26.3 Å². The second-order valence-corrected chi connectivity index (χ2v) is 20.8. The zero-order valence-electron chi connectivity index (χ0n) is 47.8. The molecule has 2 aromatic rings. The van der Waals surface area contributed by atoms with Crippen molar-refractivity contribution >= 4 is 82.9 Å². The number of likely N-dealkylation sites (tertiary alicyclic amines) is 1. The number of carbonyl (C=O) groups excluding carboxylic acids is 10. The Morgan fingerprint density at radius 2 is 1.03 bits per heavy atom. The van der Waals surface area contributed by atoms with Gasteiger partial charge in [-0.25, -0.2) is 4.79 Å². The van der Waals surface area contributed by atoms with E-state index in [1.165, 1.54) is 24.3 Å². The average Bonchev–Trinajstić information content (AvgIpc) is 4.23. The van der Waals surface area contributed by atoms with Gasteiger partial charge in [0.15, 0.2) is 5.96 Å². The van der Waals surface area contributed by atoms with E-state index in [9.17, 15) is 93.0 Å². The van der Waals surface area contributed by atoms with Crippen LogP contribution in [0.1, 0.15) is 82.8 Å². The third kappa shape index (κ3) is 24.9. The van der Waals surface area contributed by atoms with Crippen LogP contribution in [0.15, 0.2) is 59.6 Å². The maximum Gasteiger partial charge on any atom is 0.326 e. The molecule has 0 aliphatic carbocycles. The molecule has 22 N–H and O–H groups in total. The number of hydrogen-bond acceptors (Lipinski definition) is 18. The molecule has 0 aromatic heterocycles. The first-order chi connectivity index (χ1) is 41.0. The number of nitrogens with zero attached hydrogens (tertiary/aromatic N) is 2. The fraction of sp³-hybridized carbons (Fsp3) is 0.519. The molecule has 2 aromatic carbocycles. The molecule has 1 aliphatic rings. The molecule has 33 nitrogen and oxygen atoms in total. The number of amides is 10. The molecule has 3 rings (SSSR count). The number of guanidine groups is 1. The van der Waals surface area contributed by atoms with Crippen LogP contribution in [0, 0.1) is 5.92 Å². The van der Waals surface area contributed by atoms with Gasteiger partial charge in [0.25, 0.3) is 0 Å². The monoisotopic (exact) mass is 1230 g/mol. The molecule has 0 radical (unpaired) electrons. The minimum absolute atomic E-state index is 0.0288. The number of phenolic OH excluding ortho intramolecular Hbond substituents is 1. The maximum atomic E-state index is 14.3. The SMILES string of the molecule is CC(C)C[C@H](NC(=O)[C@H](CCCN=C(N)N)NC(=O)[C@@H](N)CO)C(=O)N[C@@H](CCC(=O)O)C(=O)N[C@@H](Cc1ccccc1)C(=O)N[C@@H](CO)C(=O)N[C@@H](Cc1ccc(O)cc1)C(=O)N[C@@H](CC(=O)O)C(=O)N[C@@H](CC(N)=O)C(=O)N1CCC[C@H]1C(=O)O. The normalized spacial score (nSPS) is 15.8. The summed E-state index contributed by atoms with van der Waals surface area (Å²) in [5.74, 6) is -16.4. The topological polar surface area (TPSA) is 559 Å². The van der Waals surface area contributed by atoms with Gasteiger partial charge >= 0.3 is 17.9 Å². The Kier molecular flexibility index (Phi) is 29.5. The number of aliphatic hydroxyl groups excluding tert-OH is 2. The minimum Gasteiger partial charge on any atom is -0.508 e. The number of nitrogens with two attached hydrogens (primary N) is 4. The maximum absolute atomic E-state index is 14.3. The van der Waals surface area contributed by atoms with Crippen molar-refractivity contribution < 1.29 is 93.0 Å². The highest BCUT2D eigenvalue weighted by Gasteiger charge is 2.40. The fourth-order valence-electron chi connectivity index (χ4n) is 8.88. The summed E-state index contributed by atoms with van der Waals surface area (Å²) in [6.45, 7) is 1.38. The number of aliphatic imine (C=N–C) groups is 1. The predicted octanol–water partition coefficient (Wildman–Crippen LogP) is -6.24. The summed E-state index contributed by atoms with van der Waals surface area (Å²) in [6.07, 6.45) is -3.89. The quantitative estimate of drug-likeness (QED) is 0.0170. The van der Waals surface area contributed by atoms with E-state index < -0.39 is 183 Å². The number of aliphatic hydroxyl groups is 2. The standard InChI is InChI=1S/C54H78N14O19/c1-27(2)20-34(62-45(78)32(10-6-18-59-54(57)58)60-44(77)31(55)25-69)47(80)61-33(16-17-42(73)74)46(79)63-35(21-28-8-4-3-5-9-28)49(82)67-39(26-70)51(84)64-36(22-29-12-14-30(71)15-13-29)48(81)65-37(24-43(75)76)50(83)66-38(23-41(56)72)52(85)68-19-7-11-40(68)53(86)87/h3-5,8-9,12-15,27,31-40,69-71H,6-7,10-11,16-26,55H2,1-2H3,(H2,56,72)(H,60,77)(H,61,80)(H,62,78)(H,63,79)(H,64,84)(H,65,81)(H,66,83)(H,67,82)(H,73,74)(H,75,76)(H,86,87)(H4,57,58,59)/t31-,32-,33-,34-,35-,36-,37-,38-,39-,40-/m0/s1. The molecular weight excluding hydrogens is 1150 g/mol. The van der Waals surface area contributed by atoms with Gasteiger partial charge in [-0.3, -0.25) is 62.5 Å². The van der Waals surface area contributed by atoms with Crippen LogP contribution in [-0.2, 0) is 75.2 Å². The number of aliphatic carboxylic acids is 3. The van der Waals surface area contributed by atoms with E-state index in [1.54, 1.807) is 44.2 Å². The number of carboxylic acid groups (broad SMARTS) is 3. The summed E-state index contributed by atoms with van der Waals surface area (Å²) in [4.78, 5) is 178. The van der Waals surface area contributed by atoms with Gasteiger partial charge in [-0.2, -0.15) is 0 Å². The molecule has 1 aliphatic heterocycles. The van der Waals surface area contributed by atoms with Crippen molar-refractivity contribution in [1.82, 2.24) is 47.4 Å². The van der Waals surface area contributed by atoms with E-state index in [1.807, 2.05) is 0 Å². The van der Waals surface area contributed by atoms with Crippen molar-refractivity contribution in [3.05, 3.63) is 65.7 Å². The number of aromatic hydroxyl groups is 1. The van der Waals surface area contributed by atoms with Crippen molar-refractivity contribution in [3.8, 4) is 5.75 Å². The summed E-state index contributed by atoms with van der Waals surface area (Å²) >= 11 is 0. The van der Waals surface area contributed by atoms with Gasteiger partial charge in [0.05, 0.1) is 26.1 Å². The largest absolute Gasteiger partial charge is 0.508 e. The average molecular weight is 1230 g/mol. The summed E-state index contributed by atoms with van der Waals surface area (Å²) in [5.41, 5.74) is 22.5. The van der Waals surface area contributed by atoms with Gasteiger partial charge in [0, 0.05) is 32.4 Å². The lowest BCUT2D eigenvalue weighted by molar-refractivity contribution is -0.150.